The second-order valence-corrected chi connectivity index (χ2v) is 6.99. The van der Waals surface area contributed by atoms with E-state index in [1.165, 1.54) is 11.1 Å². The highest BCUT2D eigenvalue weighted by molar-refractivity contribution is 7.98. The first-order valence-corrected chi connectivity index (χ1v) is 9.19. The number of hydrogen-bond acceptors (Lipinski definition) is 4. The van der Waals surface area contributed by atoms with E-state index >= 15 is 0 Å². The molecular formula is C19H19N5S. The first-order valence-electron chi connectivity index (χ1n) is 8.20. The second-order valence-electron chi connectivity index (χ2n) is 6.04. The van der Waals surface area contributed by atoms with Crippen LogP contribution >= 0.6 is 11.8 Å². The van der Waals surface area contributed by atoms with Gasteiger partial charge in [-0.05, 0) is 31.0 Å². The minimum Gasteiger partial charge on any atom is -0.307 e. The molecule has 4 aromatic rings. The Kier molecular flexibility index (Phi) is 4.28. The number of imidazole rings is 1. The summed E-state index contributed by atoms with van der Waals surface area (Å²) in [5.41, 5.74) is 4.49. The molecule has 0 radical (unpaired) electrons. The molecule has 3 heterocycles. The van der Waals surface area contributed by atoms with Gasteiger partial charge >= 0.3 is 0 Å². The highest BCUT2D eigenvalue weighted by atomic mass is 32.2. The molecule has 1 aromatic carbocycles. The summed E-state index contributed by atoms with van der Waals surface area (Å²) in [6, 6.07) is 14.5. The number of aryl methyl sites for hydroxylation is 2. The smallest absolute Gasteiger partial charge is 0.191 e. The molecule has 4 rings (SSSR count). The van der Waals surface area contributed by atoms with Crippen molar-refractivity contribution in [2.45, 2.75) is 31.3 Å². The molecule has 5 nitrogen and oxygen atoms in total. The van der Waals surface area contributed by atoms with Gasteiger partial charge in [0.05, 0.1) is 12.2 Å². The van der Waals surface area contributed by atoms with Crippen LogP contribution in [0.1, 0.15) is 22.6 Å². The summed E-state index contributed by atoms with van der Waals surface area (Å²) in [6.07, 6.45) is 4.12. The Morgan fingerprint density at radius 1 is 1.00 bits per heavy atom. The van der Waals surface area contributed by atoms with Crippen molar-refractivity contribution in [3.8, 4) is 0 Å². The number of thioether (sulfide) groups is 1. The lowest BCUT2D eigenvalue weighted by atomic mass is 10.2. The van der Waals surface area contributed by atoms with Crippen LogP contribution in [0.15, 0.2) is 60.0 Å². The van der Waals surface area contributed by atoms with Crippen molar-refractivity contribution in [3.63, 3.8) is 0 Å². The van der Waals surface area contributed by atoms with Gasteiger partial charge in [-0.15, -0.1) is 10.2 Å². The van der Waals surface area contributed by atoms with Gasteiger partial charge in [0.1, 0.15) is 11.5 Å². The lowest BCUT2D eigenvalue weighted by Gasteiger charge is -2.07. The van der Waals surface area contributed by atoms with E-state index in [0.29, 0.717) is 0 Å². The molecular weight excluding hydrogens is 330 g/mol. The summed E-state index contributed by atoms with van der Waals surface area (Å²) in [5, 5.41) is 9.51. The fraction of sp³-hybridized carbons (Fsp3) is 0.211. The largest absolute Gasteiger partial charge is 0.307 e. The zero-order valence-corrected chi connectivity index (χ0v) is 15.1. The summed E-state index contributed by atoms with van der Waals surface area (Å²) < 4.78 is 4.23. The van der Waals surface area contributed by atoms with Crippen molar-refractivity contribution in [1.29, 1.82) is 0 Å². The van der Waals surface area contributed by atoms with Crippen LogP contribution in [-0.4, -0.2) is 24.1 Å². The maximum Gasteiger partial charge on any atom is 0.191 e. The van der Waals surface area contributed by atoms with Crippen molar-refractivity contribution >= 4 is 17.4 Å². The first kappa shape index (κ1) is 15.9. The third kappa shape index (κ3) is 3.30. The highest BCUT2D eigenvalue weighted by Crippen LogP contribution is 2.23. The van der Waals surface area contributed by atoms with Crippen LogP contribution in [0.5, 0.6) is 0 Å². The molecule has 0 fully saturated rings. The number of nitrogens with zero attached hydrogens (tertiary/aromatic N) is 5. The Morgan fingerprint density at radius 3 is 2.64 bits per heavy atom. The molecule has 0 aliphatic rings. The minimum absolute atomic E-state index is 0.772. The summed E-state index contributed by atoms with van der Waals surface area (Å²) in [5.74, 6) is 1.70. The Labute approximate surface area is 150 Å². The van der Waals surface area contributed by atoms with Gasteiger partial charge in [0.2, 0.25) is 0 Å². The molecule has 0 atom stereocenters. The highest BCUT2D eigenvalue weighted by Gasteiger charge is 2.12. The number of hydrogen-bond donors (Lipinski definition) is 0. The quantitative estimate of drug-likeness (QED) is 0.513. The number of fused-ring (bicyclic) bond motifs is 1. The normalized spacial score (nSPS) is 11.3. The molecule has 0 saturated carbocycles. The first-order chi connectivity index (χ1) is 12.2. The summed E-state index contributed by atoms with van der Waals surface area (Å²) in [7, 11) is 0. The second kappa shape index (κ2) is 6.72. The van der Waals surface area contributed by atoms with Crippen LogP contribution in [0, 0.1) is 13.8 Å². The fourth-order valence-electron chi connectivity index (χ4n) is 2.83. The SMILES string of the molecule is Cc1cccn2cc(CSc3nnc(C)n3Cc3ccccc3)nc12. The number of aromatic nitrogens is 5. The van der Waals surface area contributed by atoms with Crippen LogP contribution in [0.2, 0.25) is 0 Å². The molecule has 0 unspecified atom stereocenters. The van der Waals surface area contributed by atoms with Gasteiger partial charge in [-0.3, -0.25) is 0 Å². The van der Waals surface area contributed by atoms with E-state index in [9.17, 15) is 0 Å². The number of pyridine rings is 1. The van der Waals surface area contributed by atoms with Crippen molar-refractivity contribution in [3.05, 3.63) is 77.5 Å². The van der Waals surface area contributed by atoms with E-state index < -0.39 is 0 Å². The molecule has 0 saturated heterocycles. The van der Waals surface area contributed by atoms with Gasteiger partial charge in [0, 0.05) is 18.1 Å². The Bertz CT molecular complexity index is 1000. The van der Waals surface area contributed by atoms with E-state index in [2.05, 4.69) is 62.6 Å². The molecule has 25 heavy (non-hydrogen) atoms. The summed E-state index contributed by atoms with van der Waals surface area (Å²) in [6.45, 7) is 4.86. The lowest BCUT2D eigenvalue weighted by Crippen LogP contribution is -2.03. The standard InChI is InChI=1S/C19H19N5S/c1-14-7-6-10-23-12-17(20-18(14)23)13-25-19-22-21-15(2)24(19)11-16-8-4-3-5-9-16/h3-10,12H,11,13H2,1-2H3. The molecule has 0 amide bonds. The Balaban J connectivity index is 1.54. The van der Waals surface area contributed by atoms with Crippen molar-refractivity contribution in [1.82, 2.24) is 24.1 Å². The molecule has 3 aromatic heterocycles. The van der Waals surface area contributed by atoms with Gasteiger partial charge in [0.25, 0.3) is 0 Å². The Hall–Kier alpha value is -2.60. The van der Waals surface area contributed by atoms with Gasteiger partial charge in [0.15, 0.2) is 5.16 Å². The summed E-state index contributed by atoms with van der Waals surface area (Å²) >= 11 is 1.67. The molecule has 0 aliphatic heterocycles. The zero-order chi connectivity index (χ0) is 17.2. The van der Waals surface area contributed by atoms with Crippen molar-refractivity contribution in [2.75, 3.05) is 0 Å². The monoisotopic (exact) mass is 349 g/mol. The predicted molar refractivity (Wildman–Crippen MR) is 99.8 cm³/mol. The topological polar surface area (TPSA) is 48.0 Å². The number of rotatable bonds is 5. The maximum absolute atomic E-state index is 4.73. The maximum atomic E-state index is 4.73. The zero-order valence-electron chi connectivity index (χ0n) is 14.3. The fourth-order valence-corrected chi connectivity index (χ4v) is 3.70. The van der Waals surface area contributed by atoms with Crippen LogP contribution in [0.25, 0.3) is 5.65 Å². The van der Waals surface area contributed by atoms with Gasteiger partial charge in [-0.25, -0.2) is 4.98 Å². The van der Waals surface area contributed by atoms with Gasteiger partial charge in [-0.2, -0.15) is 0 Å². The van der Waals surface area contributed by atoms with Crippen molar-refractivity contribution < 1.29 is 0 Å². The molecule has 0 spiro atoms. The summed E-state index contributed by atoms with van der Waals surface area (Å²) in [4.78, 5) is 4.73. The predicted octanol–water partition coefficient (Wildman–Crippen LogP) is 3.88. The van der Waals surface area contributed by atoms with E-state index in [0.717, 1.165) is 34.6 Å². The van der Waals surface area contributed by atoms with Crippen LogP contribution < -0.4 is 0 Å². The number of benzene rings is 1. The van der Waals surface area contributed by atoms with Gasteiger partial charge < -0.3 is 8.97 Å². The van der Waals surface area contributed by atoms with Crippen LogP contribution in [-0.2, 0) is 12.3 Å². The molecule has 126 valence electrons. The van der Waals surface area contributed by atoms with Crippen LogP contribution in [0.3, 0.4) is 0 Å². The van der Waals surface area contributed by atoms with Crippen LogP contribution in [0.4, 0.5) is 0 Å². The van der Waals surface area contributed by atoms with E-state index in [1.807, 2.05) is 25.3 Å². The third-order valence-corrected chi connectivity index (χ3v) is 5.16. The lowest BCUT2D eigenvalue weighted by molar-refractivity contribution is 0.688. The Morgan fingerprint density at radius 2 is 1.84 bits per heavy atom. The average molecular weight is 349 g/mol. The van der Waals surface area contributed by atoms with Gasteiger partial charge in [-0.1, -0.05) is 48.2 Å². The van der Waals surface area contributed by atoms with Crippen molar-refractivity contribution in [2.24, 2.45) is 0 Å². The third-order valence-electron chi connectivity index (χ3n) is 4.16. The average Bonchev–Trinajstić information content (AvgIpc) is 3.19. The van der Waals surface area contributed by atoms with E-state index in [1.54, 1.807) is 11.8 Å². The van der Waals surface area contributed by atoms with E-state index in [4.69, 9.17) is 4.98 Å². The minimum atomic E-state index is 0.772. The van der Waals surface area contributed by atoms with E-state index in [-0.39, 0.29) is 0 Å². The molecule has 0 N–H and O–H groups in total. The molecule has 0 aliphatic carbocycles. The molecule has 0 bridgehead atoms. The molecule has 6 heteroatoms.